The smallest absolute Gasteiger partial charge is 0.123 e. The lowest BCUT2D eigenvalue weighted by Gasteiger charge is -2.15. The molecule has 13 aromatic rings. The molecule has 15 rings (SSSR count). The van der Waals surface area contributed by atoms with Crippen molar-refractivity contribution in [2.24, 2.45) is 0 Å². The molecule has 2 aliphatic rings. The van der Waals surface area contributed by atoms with Crippen molar-refractivity contribution in [3.8, 4) is 44.5 Å². The highest BCUT2D eigenvalue weighted by Crippen LogP contribution is 2.48. The Morgan fingerprint density at radius 3 is 0.818 bits per heavy atom. The van der Waals surface area contributed by atoms with Gasteiger partial charge in [0.25, 0.3) is 0 Å². The Bertz CT molecular complexity index is 4430. The molecule has 0 unspecified atom stereocenters. The number of fused-ring (bicyclic) bond motifs is 6. The van der Waals surface area contributed by atoms with Crippen LogP contribution in [0.4, 0.5) is 8.78 Å². The number of halogens is 2. The summed E-state index contributed by atoms with van der Waals surface area (Å²) in [5, 5.41) is 23.7. The van der Waals surface area contributed by atoms with E-state index in [9.17, 15) is 0 Å². The predicted molar refractivity (Wildman–Crippen MR) is 268 cm³/mol. The zero-order valence-electron chi connectivity index (χ0n) is 35.4. The van der Waals surface area contributed by atoms with E-state index in [2.05, 4.69) is 158 Å². The Balaban J connectivity index is 1.18. The zero-order chi connectivity index (χ0) is 43.4. The second-order valence-corrected chi connectivity index (χ2v) is 18.0. The molecule has 0 heterocycles. The van der Waals surface area contributed by atoms with Crippen molar-refractivity contribution in [2.75, 3.05) is 0 Å². The van der Waals surface area contributed by atoms with E-state index in [1.165, 1.54) is 97.7 Å². The molecule has 0 nitrogen and oxygen atoms in total. The van der Waals surface area contributed by atoms with Gasteiger partial charge in [0.2, 0.25) is 0 Å². The SMILES string of the molecule is Fc1cccc(-c2c3c(c(-c4ccccc4)c4ccccc24)=c2ccc4c5ccc6c7c(ccc(c8ccc=3c2c48)c75)=c2c(-c3cccc(F)c3)c3ccccc3c(-c3ccccc3)c2=6)c1. The van der Waals surface area contributed by atoms with E-state index in [1.54, 1.807) is 12.1 Å². The Morgan fingerprint density at radius 1 is 0.212 bits per heavy atom. The van der Waals surface area contributed by atoms with E-state index in [4.69, 9.17) is 0 Å². The first-order valence-corrected chi connectivity index (χ1v) is 22.6. The molecule has 0 aliphatic heterocycles. The molecule has 0 atom stereocenters. The van der Waals surface area contributed by atoms with Gasteiger partial charge in [-0.3, -0.25) is 0 Å². The van der Waals surface area contributed by atoms with Gasteiger partial charge in [0.15, 0.2) is 0 Å². The Labute approximate surface area is 375 Å². The average molecular weight is 841 g/mol. The van der Waals surface area contributed by atoms with E-state index in [0.29, 0.717) is 0 Å². The normalized spacial score (nSPS) is 12.4. The predicted octanol–water partition coefficient (Wildman–Crippen LogP) is 16.8. The minimum absolute atomic E-state index is 0.250. The van der Waals surface area contributed by atoms with Crippen LogP contribution in [0.25, 0.3) is 109 Å². The summed E-state index contributed by atoms with van der Waals surface area (Å²) in [7, 11) is 0. The van der Waals surface area contributed by atoms with Crippen molar-refractivity contribution < 1.29 is 8.78 Å². The van der Waals surface area contributed by atoms with Crippen LogP contribution in [-0.2, 0) is 0 Å². The molecule has 304 valence electrons. The van der Waals surface area contributed by atoms with Crippen molar-refractivity contribution >= 4 is 64.6 Å². The molecule has 0 aromatic heterocycles. The quantitative estimate of drug-likeness (QED) is 0.122. The van der Waals surface area contributed by atoms with Gasteiger partial charge in [0, 0.05) is 0 Å². The fraction of sp³-hybridized carbons (Fsp3) is 0. The van der Waals surface area contributed by atoms with Crippen LogP contribution in [0, 0.1) is 53.4 Å². The van der Waals surface area contributed by atoms with Gasteiger partial charge >= 0.3 is 0 Å². The van der Waals surface area contributed by atoms with E-state index in [0.717, 1.165) is 65.4 Å². The van der Waals surface area contributed by atoms with Gasteiger partial charge in [-0.05, 0) is 175 Å². The molecular weight excluding hydrogens is 807 g/mol. The summed E-state index contributed by atoms with van der Waals surface area (Å²) in [6.45, 7) is 0. The molecule has 13 aromatic carbocycles. The average Bonchev–Trinajstić information content (AvgIpc) is 3.87. The van der Waals surface area contributed by atoms with Crippen molar-refractivity contribution in [1.82, 2.24) is 0 Å². The van der Waals surface area contributed by atoms with Crippen LogP contribution < -0.4 is 0 Å². The molecule has 0 saturated heterocycles. The molecule has 66 heavy (non-hydrogen) atoms. The first-order valence-electron chi connectivity index (χ1n) is 22.6. The summed E-state index contributed by atoms with van der Waals surface area (Å²) in [5.74, 6) is -0.500. The molecule has 0 radical (unpaired) electrons. The van der Waals surface area contributed by atoms with Crippen LogP contribution in [-0.4, -0.2) is 0 Å². The molecule has 0 bridgehead atoms. The van der Waals surface area contributed by atoms with E-state index < -0.39 is 0 Å². The highest BCUT2D eigenvalue weighted by Gasteiger charge is 2.25. The van der Waals surface area contributed by atoms with Crippen LogP contribution >= 0.6 is 0 Å². The molecule has 0 amide bonds. The van der Waals surface area contributed by atoms with Gasteiger partial charge in [0.1, 0.15) is 11.6 Å². The van der Waals surface area contributed by atoms with Crippen molar-refractivity contribution in [2.45, 2.75) is 0 Å². The van der Waals surface area contributed by atoms with E-state index in [-0.39, 0.29) is 11.6 Å². The van der Waals surface area contributed by atoms with E-state index in [1.807, 2.05) is 24.3 Å². The van der Waals surface area contributed by atoms with Gasteiger partial charge in [-0.1, -0.05) is 182 Å². The maximum atomic E-state index is 15.3. The van der Waals surface area contributed by atoms with Crippen molar-refractivity contribution in [1.29, 1.82) is 0 Å². The standard InChI is InChI=1S/C64H34F2/c65-39-19-11-17-37(33-39)55-43-23-9-7-21-41(43)53(35-13-3-1-4-14-35)61-49-29-25-45-46-26-30-50-60-52(32-28-48(58(46)60)47-27-31-51(63(55)61)59(49)57(45)47)64-56(38-18-12-20-40(66)34-38)44-24-10-8-22-42(44)54(62(50)64)36-15-5-2-6-16-36/h1-34H. The summed E-state index contributed by atoms with van der Waals surface area (Å²) in [5.41, 5.74) is 8.55. The van der Waals surface area contributed by atoms with Gasteiger partial charge in [-0.15, -0.1) is 0 Å². The molecule has 0 N–H and O–H groups in total. The second-order valence-electron chi connectivity index (χ2n) is 18.0. The Kier molecular flexibility index (Phi) is 7.11. The minimum Gasteiger partial charge on any atom is -0.207 e. The maximum absolute atomic E-state index is 15.3. The zero-order valence-corrected chi connectivity index (χ0v) is 35.4. The highest BCUT2D eigenvalue weighted by atomic mass is 19.1. The Hall–Kier alpha value is -8.46. The third kappa shape index (κ3) is 4.60. The lowest BCUT2D eigenvalue weighted by Crippen LogP contribution is -1.92. The number of benzene rings is 13. The van der Waals surface area contributed by atoms with Crippen LogP contribution in [0.1, 0.15) is 0 Å². The minimum atomic E-state index is -0.250. The van der Waals surface area contributed by atoms with Crippen molar-refractivity contribution in [3.05, 3.63) is 260 Å². The number of hydrogen-bond acceptors (Lipinski definition) is 0. The fourth-order valence-corrected chi connectivity index (χ4v) is 12.4. The largest absolute Gasteiger partial charge is 0.207 e. The molecule has 0 spiro atoms. The van der Waals surface area contributed by atoms with Crippen LogP contribution in [0.5, 0.6) is 0 Å². The molecule has 2 heteroatoms. The Morgan fingerprint density at radius 2 is 0.500 bits per heavy atom. The van der Waals surface area contributed by atoms with E-state index >= 15 is 8.78 Å². The number of rotatable bonds is 4. The topological polar surface area (TPSA) is 0 Å². The summed E-state index contributed by atoms with van der Waals surface area (Å²) in [6, 6.07) is 71.6. The van der Waals surface area contributed by atoms with Gasteiger partial charge in [-0.2, -0.15) is 0 Å². The van der Waals surface area contributed by atoms with Crippen LogP contribution in [0.15, 0.2) is 206 Å². The maximum Gasteiger partial charge on any atom is 0.123 e. The first kappa shape index (κ1) is 35.9. The molecule has 0 saturated carbocycles. The van der Waals surface area contributed by atoms with Gasteiger partial charge < -0.3 is 0 Å². The molecular formula is C64H34F2. The molecule has 0 fully saturated rings. The molecule has 2 aliphatic carbocycles. The third-order valence-electron chi connectivity index (χ3n) is 14.8. The second kappa shape index (κ2) is 13.1. The van der Waals surface area contributed by atoms with Crippen LogP contribution in [0.2, 0.25) is 0 Å². The van der Waals surface area contributed by atoms with Crippen LogP contribution in [0.3, 0.4) is 0 Å². The lowest BCUT2D eigenvalue weighted by atomic mass is 9.88. The third-order valence-corrected chi connectivity index (χ3v) is 14.8. The summed E-state index contributed by atoms with van der Waals surface area (Å²) in [4.78, 5) is 0. The first-order chi connectivity index (χ1) is 32.6. The summed E-state index contributed by atoms with van der Waals surface area (Å²) < 4.78 is 30.6. The number of hydrogen-bond donors (Lipinski definition) is 0. The van der Waals surface area contributed by atoms with Crippen molar-refractivity contribution in [3.63, 3.8) is 0 Å². The summed E-state index contributed by atoms with van der Waals surface area (Å²) >= 11 is 0. The fourth-order valence-electron chi connectivity index (χ4n) is 12.4. The highest BCUT2D eigenvalue weighted by molar-refractivity contribution is 6.33. The lowest BCUT2D eigenvalue weighted by molar-refractivity contribution is 0.628. The monoisotopic (exact) mass is 840 g/mol. The van der Waals surface area contributed by atoms with Gasteiger partial charge in [0.05, 0.1) is 0 Å². The van der Waals surface area contributed by atoms with Gasteiger partial charge in [-0.25, -0.2) is 8.78 Å². The summed E-state index contributed by atoms with van der Waals surface area (Å²) in [6.07, 6.45) is 0.